The van der Waals surface area contributed by atoms with Crippen molar-refractivity contribution in [3.8, 4) is 17.1 Å². The number of methoxy groups -OCH3 is 1. The van der Waals surface area contributed by atoms with Crippen LogP contribution in [0.15, 0.2) is 84.0 Å². The van der Waals surface area contributed by atoms with Gasteiger partial charge in [0.15, 0.2) is 16.8 Å². The van der Waals surface area contributed by atoms with E-state index in [0.717, 1.165) is 11.1 Å². The Kier molecular flexibility index (Phi) is 6.43. The summed E-state index contributed by atoms with van der Waals surface area (Å²) >= 11 is 1.32. The van der Waals surface area contributed by atoms with E-state index in [1.54, 1.807) is 31.4 Å². The lowest BCUT2D eigenvalue weighted by Gasteiger charge is -2.11. The second-order valence-electron chi connectivity index (χ2n) is 6.80. The van der Waals surface area contributed by atoms with E-state index in [4.69, 9.17) is 4.74 Å². The van der Waals surface area contributed by atoms with Gasteiger partial charge in [0.1, 0.15) is 11.6 Å². The quantitative estimate of drug-likeness (QED) is 0.285. The van der Waals surface area contributed by atoms with E-state index in [2.05, 4.69) is 10.2 Å². The Hall–Kier alpha value is -3.45. The molecule has 0 atom stereocenters. The zero-order chi connectivity index (χ0) is 21.6. The topological polar surface area (TPSA) is 57.0 Å². The number of hydrogen-bond acceptors (Lipinski definition) is 5. The second kappa shape index (κ2) is 9.57. The summed E-state index contributed by atoms with van der Waals surface area (Å²) in [4.78, 5) is 12.8. The van der Waals surface area contributed by atoms with E-state index in [9.17, 15) is 9.18 Å². The number of halogens is 1. The van der Waals surface area contributed by atoms with Crippen LogP contribution in [0.25, 0.3) is 11.4 Å². The van der Waals surface area contributed by atoms with Gasteiger partial charge in [-0.1, -0.05) is 54.2 Å². The highest BCUT2D eigenvalue weighted by molar-refractivity contribution is 7.99. The summed E-state index contributed by atoms with van der Waals surface area (Å²) in [7, 11) is 1.55. The first-order chi connectivity index (χ1) is 15.2. The molecule has 3 aromatic carbocycles. The van der Waals surface area contributed by atoms with Gasteiger partial charge in [-0.25, -0.2) is 4.39 Å². The Balaban J connectivity index is 1.62. The maximum absolute atomic E-state index is 13.4. The average molecular weight is 434 g/mol. The summed E-state index contributed by atoms with van der Waals surface area (Å²) in [6.45, 7) is 0.533. The van der Waals surface area contributed by atoms with Crippen molar-refractivity contribution in [3.05, 3.63) is 95.8 Å². The van der Waals surface area contributed by atoms with E-state index in [0.29, 0.717) is 28.8 Å². The summed E-state index contributed by atoms with van der Waals surface area (Å²) in [6, 6.07) is 23.2. The molecule has 0 spiro atoms. The normalized spacial score (nSPS) is 10.8. The van der Waals surface area contributed by atoms with Crippen LogP contribution < -0.4 is 4.74 Å². The van der Waals surface area contributed by atoms with E-state index < -0.39 is 0 Å². The molecule has 156 valence electrons. The lowest BCUT2D eigenvalue weighted by Crippen LogP contribution is -2.08. The minimum atomic E-state index is -0.310. The summed E-state index contributed by atoms with van der Waals surface area (Å²) in [5.74, 6) is 0.994. The maximum Gasteiger partial charge on any atom is 0.192 e. The fraction of sp³-hybridized carbons (Fsp3) is 0.125. The van der Waals surface area contributed by atoms with Crippen molar-refractivity contribution in [2.75, 3.05) is 12.9 Å². The molecule has 5 nitrogen and oxygen atoms in total. The van der Waals surface area contributed by atoms with Crippen LogP contribution in [0, 0.1) is 5.82 Å². The van der Waals surface area contributed by atoms with E-state index in [1.807, 2.05) is 47.0 Å². The number of nitrogens with zero attached hydrogens (tertiary/aromatic N) is 3. The minimum Gasteiger partial charge on any atom is -0.496 e. The van der Waals surface area contributed by atoms with Crippen molar-refractivity contribution in [1.29, 1.82) is 0 Å². The van der Waals surface area contributed by atoms with Crippen LogP contribution in [0.5, 0.6) is 5.75 Å². The zero-order valence-corrected chi connectivity index (χ0v) is 17.7. The predicted molar refractivity (Wildman–Crippen MR) is 119 cm³/mol. The molecule has 7 heteroatoms. The molecular formula is C24H20FN3O2S. The molecule has 0 saturated carbocycles. The molecule has 31 heavy (non-hydrogen) atoms. The first-order valence-corrected chi connectivity index (χ1v) is 10.7. The second-order valence-corrected chi connectivity index (χ2v) is 7.74. The Morgan fingerprint density at radius 2 is 1.68 bits per heavy atom. The molecule has 0 aliphatic heterocycles. The maximum atomic E-state index is 13.4. The number of hydrogen-bond donors (Lipinski definition) is 0. The Morgan fingerprint density at radius 1 is 0.968 bits per heavy atom. The standard InChI is InChI=1S/C24H20FN3O2S/c1-30-22-10-6-5-9-20(22)21(29)16-31-24-27-26-23(18-11-13-19(25)14-12-18)28(24)15-17-7-3-2-4-8-17/h2-14H,15-16H2,1H3. The average Bonchev–Trinajstić information content (AvgIpc) is 3.21. The number of rotatable bonds is 8. The van der Waals surface area contributed by atoms with Gasteiger partial charge >= 0.3 is 0 Å². The molecule has 1 aromatic heterocycles. The number of carbonyl (C=O) groups is 1. The lowest BCUT2D eigenvalue weighted by atomic mass is 10.1. The smallest absolute Gasteiger partial charge is 0.192 e. The number of thioether (sulfide) groups is 1. The molecular weight excluding hydrogens is 413 g/mol. The van der Waals surface area contributed by atoms with E-state index in [-0.39, 0.29) is 17.4 Å². The van der Waals surface area contributed by atoms with Gasteiger partial charge in [0.05, 0.1) is 25.0 Å². The van der Waals surface area contributed by atoms with Crippen LogP contribution >= 0.6 is 11.8 Å². The van der Waals surface area contributed by atoms with Gasteiger partial charge in [-0.3, -0.25) is 9.36 Å². The number of aromatic nitrogens is 3. The van der Waals surface area contributed by atoms with Gasteiger partial charge in [-0.15, -0.1) is 10.2 Å². The van der Waals surface area contributed by atoms with Gasteiger partial charge in [-0.2, -0.15) is 0 Å². The summed E-state index contributed by atoms with van der Waals surface area (Å²) in [5, 5.41) is 9.27. The third-order valence-corrected chi connectivity index (χ3v) is 5.71. The highest BCUT2D eigenvalue weighted by Crippen LogP contribution is 2.27. The van der Waals surface area contributed by atoms with Crippen LogP contribution in [-0.2, 0) is 6.54 Å². The third kappa shape index (κ3) is 4.83. The van der Waals surface area contributed by atoms with Crippen molar-refractivity contribution in [3.63, 3.8) is 0 Å². The number of para-hydroxylation sites is 1. The molecule has 0 radical (unpaired) electrons. The largest absolute Gasteiger partial charge is 0.496 e. The van der Waals surface area contributed by atoms with Crippen molar-refractivity contribution in [2.45, 2.75) is 11.7 Å². The molecule has 0 aliphatic rings. The fourth-order valence-corrected chi connectivity index (χ4v) is 4.02. The molecule has 0 amide bonds. The summed E-state index contributed by atoms with van der Waals surface area (Å²) in [5.41, 5.74) is 2.36. The first-order valence-electron chi connectivity index (χ1n) is 9.68. The van der Waals surface area contributed by atoms with Crippen molar-refractivity contribution >= 4 is 17.5 Å². The Bertz CT molecular complexity index is 1180. The van der Waals surface area contributed by atoms with Crippen LogP contribution in [0.1, 0.15) is 15.9 Å². The molecule has 0 saturated heterocycles. The van der Waals surface area contributed by atoms with Crippen molar-refractivity contribution in [1.82, 2.24) is 14.8 Å². The summed E-state index contributed by atoms with van der Waals surface area (Å²) in [6.07, 6.45) is 0. The predicted octanol–water partition coefficient (Wildman–Crippen LogP) is 5.12. The molecule has 0 aliphatic carbocycles. The highest BCUT2D eigenvalue weighted by Gasteiger charge is 2.18. The first kappa shape index (κ1) is 20.8. The van der Waals surface area contributed by atoms with Gasteiger partial charge in [0.2, 0.25) is 0 Å². The molecule has 4 rings (SSSR count). The molecule has 0 unspecified atom stereocenters. The van der Waals surface area contributed by atoms with E-state index >= 15 is 0 Å². The van der Waals surface area contributed by atoms with Gasteiger partial charge in [0, 0.05) is 5.56 Å². The summed E-state index contributed by atoms with van der Waals surface area (Å²) < 4.78 is 20.6. The molecule has 0 bridgehead atoms. The molecule has 1 heterocycles. The number of carbonyl (C=O) groups excluding carboxylic acids is 1. The number of benzene rings is 3. The SMILES string of the molecule is COc1ccccc1C(=O)CSc1nnc(-c2ccc(F)cc2)n1Cc1ccccc1. The number of ether oxygens (including phenoxy) is 1. The van der Waals surface area contributed by atoms with Gasteiger partial charge in [0.25, 0.3) is 0 Å². The Morgan fingerprint density at radius 3 is 2.42 bits per heavy atom. The van der Waals surface area contributed by atoms with Crippen LogP contribution in [0.2, 0.25) is 0 Å². The minimum absolute atomic E-state index is 0.0555. The fourth-order valence-electron chi connectivity index (χ4n) is 3.20. The highest BCUT2D eigenvalue weighted by atomic mass is 32.2. The van der Waals surface area contributed by atoms with Crippen LogP contribution in [-0.4, -0.2) is 33.4 Å². The van der Waals surface area contributed by atoms with Crippen molar-refractivity contribution in [2.24, 2.45) is 0 Å². The third-order valence-electron chi connectivity index (χ3n) is 4.74. The lowest BCUT2D eigenvalue weighted by molar-refractivity contribution is 0.101. The van der Waals surface area contributed by atoms with Crippen molar-refractivity contribution < 1.29 is 13.9 Å². The zero-order valence-electron chi connectivity index (χ0n) is 16.9. The number of ketones is 1. The molecule has 0 N–H and O–H groups in total. The Labute approximate surface area is 183 Å². The number of Topliss-reactive ketones (excluding diaryl/α,β-unsaturated/α-hetero) is 1. The monoisotopic (exact) mass is 433 g/mol. The molecule has 4 aromatic rings. The van der Waals surface area contributed by atoms with Gasteiger partial charge in [-0.05, 0) is 42.0 Å². The van der Waals surface area contributed by atoms with Crippen LogP contribution in [0.3, 0.4) is 0 Å². The molecule has 0 fully saturated rings. The van der Waals surface area contributed by atoms with Crippen LogP contribution in [0.4, 0.5) is 4.39 Å². The van der Waals surface area contributed by atoms with E-state index in [1.165, 1.54) is 23.9 Å². The van der Waals surface area contributed by atoms with Gasteiger partial charge < -0.3 is 4.74 Å².